The maximum absolute atomic E-state index is 2.36. The van der Waals surface area contributed by atoms with Crippen molar-refractivity contribution < 1.29 is 4.57 Å². The Balaban J connectivity index is 1.92. The topological polar surface area (TPSA) is 3.88 Å². The fourth-order valence-corrected chi connectivity index (χ4v) is 3.35. The Morgan fingerprint density at radius 1 is 0.810 bits per heavy atom. The van der Waals surface area contributed by atoms with Gasteiger partial charge in [-0.1, -0.05) is 42.5 Å². The highest BCUT2D eigenvalue weighted by molar-refractivity contribution is 5.77. The van der Waals surface area contributed by atoms with Crippen LogP contribution in [0.4, 0.5) is 0 Å². The van der Waals surface area contributed by atoms with Crippen LogP contribution in [0.2, 0.25) is 0 Å². The Morgan fingerprint density at radius 2 is 1.52 bits per heavy atom. The van der Waals surface area contributed by atoms with Gasteiger partial charge < -0.3 is 0 Å². The van der Waals surface area contributed by atoms with Gasteiger partial charge in [-0.05, 0) is 41.7 Å². The lowest BCUT2D eigenvalue weighted by Gasteiger charge is -2.06. The number of nitrogens with zero attached hydrogens (tertiary/aromatic N) is 1. The van der Waals surface area contributed by atoms with Gasteiger partial charge in [-0.25, -0.2) is 4.57 Å². The van der Waals surface area contributed by atoms with Gasteiger partial charge in [0.25, 0.3) is 0 Å². The van der Waals surface area contributed by atoms with E-state index in [1.165, 1.54) is 39.1 Å². The van der Waals surface area contributed by atoms with Gasteiger partial charge in [0.05, 0.1) is 0 Å². The first-order valence-electron chi connectivity index (χ1n) is 7.41. The Hall–Kier alpha value is -2.41. The molecule has 1 aliphatic carbocycles. The summed E-state index contributed by atoms with van der Waals surface area (Å²) in [5, 5.41) is 0. The fraction of sp³-hybridized carbons (Fsp3) is 0.150. The lowest BCUT2D eigenvalue weighted by atomic mass is 10.0. The van der Waals surface area contributed by atoms with Gasteiger partial charge in [-0.15, -0.1) is 0 Å². The van der Waals surface area contributed by atoms with E-state index in [1.54, 1.807) is 0 Å². The minimum atomic E-state index is 1.05. The van der Waals surface area contributed by atoms with Crippen LogP contribution in [0.15, 0.2) is 60.8 Å². The van der Waals surface area contributed by atoms with Crippen LogP contribution in [0.25, 0.3) is 22.4 Å². The van der Waals surface area contributed by atoms with Crippen molar-refractivity contribution in [3.8, 4) is 22.4 Å². The Bertz CT molecular complexity index is 846. The molecular weight excluding hydrogens is 254 g/mol. The van der Waals surface area contributed by atoms with Crippen LogP contribution in [0.5, 0.6) is 0 Å². The second kappa shape index (κ2) is 4.56. The summed E-state index contributed by atoms with van der Waals surface area (Å²) in [4.78, 5) is 0. The first kappa shape index (κ1) is 12.3. The number of aromatic nitrogens is 1. The number of rotatable bonds is 1. The van der Waals surface area contributed by atoms with E-state index in [1.807, 2.05) is 0 Å². The Labute approximate surface area is 125 Å². The summed E-state index contributed by atoms with van der Waals surface area (Å²) in [5.41, 5.74) is 9.58. The monoisotopic (exact) mass is 272 g/mol. The normalized spacial score (nSPS) is 12.1. The molecule has 2 aromatic carbocycles. The number of benzene rings is 2. The maximum atomic E-state index is 2.36. The zero-order valence-electron chi connectivity index (χ0n) is 12.4. The van der Waals surface area contributed by atoms with Crippen molar-refractivity contribution in [3.05, 3.63) is 77.5 Å². The smallest absolute Gasteiger partial charge is 0.200 e. The standard InChI is InChI=1S/C20H18N/c1-14-7-3-5-9-17(14)20-12-16-11-15-8-4-6-10-18(15)19(16)13-21(20)2/h3-10,12-13H,11H2,1-2H3/q+1. The van der Waals surface area contributed by atoms with Crippen molar-refractivity contribution in [1.82, 2.24) is 0 Å². The molecule has 0 saturated heterocycles. The second-order valence-electron chi connectivity index (χ2n) is 5.86. The van der Waals surface area contributed by atoms with Crippen LogP contribution >= 0.6 is 0 Å². The van der Waals surface area contributed by atoms with E-state index in [4.69, 9.17) is 0 Å². The number of pyridine rings is 1. The fourth-order valence-electron chi connectivity index (χ4n) is 3.35. The third kappa shape index (κ3) is 1.89. The molecule has 21 heavy (non-hydrogen) atoms. The number of hydrogen-bond acceptors (Lipinski definition) is 0. The predicted molar refractivity (Wildman–Crippen MR) is 86.0 cm³/mol. The van der Waals surface area contributed by atoms with E-state index in [-0.39, 0.29) is 0 Å². The molecule has 4 rings (SSSR count). The third-order valence-electron chi connectivity index (χ3n) is 4.47. The van der Waals surface area contributed by atoms with Crippen molar-refractivity contribution in [2.24, 2.45) is 7.05 Å². The molecule has 0 radical (unpaired) electrons. The van der Waals surface area contributed by atoms with Crippen LogP contribution < -0.4 is 4.57 Å². The summed E-state index contributed by atoms with van der Waals surface area (Å²) in [6, 6.07) is 19.7. The summed E-state index contributed by atoms with van der Waals surface area (Å²) in [6.07, 6.45) is 3.33. The molecule has 0 aliphatic heterocycles. The molecule has 1 aliphatic rings. The van der Waals surface area contributed by atoms with Crippen LogP contribution in [0.1, 0.15) is 16.7 Å². The molecule has 1 aromatic heterocycles. The molecule has 0 fully saturated rings. The molecule has 0 N–H and O–H groups in total. The molecule has 1 heteroatoms. The lowest BCUT2D eigenvalue weighted by molar-refractivity contribution is -0.659. The minimum Gasteiger partial charge on any atom is -0.200 e. The second-order valence-corrected chi connectivity index (χ2v) is 5.86. The van der Waals surface area contributed by atoms with E-state index >= 15 is 0 Å². The first-order chi connectivity index (χ1) is 10.2. The summed E-state index contributed by atoms with van der Waals surface area (Å²) >= 11 is 0. The van der Waals surface area contributed by atoms with E-state index in [0.717, 1.165) is 6.42 Å². The zero-order chi connectivity index (χ0) is 14.4. The largest absolute Gasteiger partial charge is 0.212 e. The molecule has 0 unspecified atom stereocenters. The molecule has 1 nitrogen and oxygen atoms in total. The molecule has 0 saturated carbocycles. The molecule has 0 bridgehead atoms. The summed E-state index contributed by atoms with van der Waals surface area (Å²) < 4.78 is 2.25. The summed E-state index contributed by atoms with van der Waals surface area (Å²) in [5.74, 6) is 0. The van der Waals surface area contributed by atoms with Crippen LogP contribution in [0.3, 0.4) is 0 Å². The van der Waals surface area contributed by atoms with Crippen LogP contribution in [-0.2, 0) is 13.5 Å². The number of aryl methyl sites for hydroxylation is 2. The molecule has 0 atom stereocenters. The highest BCUT2D eigenvalue weighted by atomic mass is 14.9. The van der Waals surface area contributed by atoms with Gasteiger partial charge in [-0.3, -0.25) is 0 Å². The van der Waals surface area contributed by atoms with Crippen molar-refractivity contribution >= 4 is 0 Å². The number of fused-ring (bicyclic) bond motifs is 3. The zero-order valence-corrected chi connectivity index (χ0v) is 12.4. The van der Waals surface area contributed by atoms with Crippen molar-refractivity contribution in [3.63, 3.8) is 0 Å². The van der Waals surface area contributed by atoms with E-state index in [0.29, 0.717) is 0 Å². The number of hydrogen-bond donors (Lipinski definition) is 0. The van der Waals surface area contributed by atoms with Crippen molar-refractivity contribution in [2.75, 3.05) is 0 Å². The van der Waals surface area contributed by atoms with Gasteiger partial charge in [0.1, 0.15) is 7.05 Å². The Morgan fingerprint density at radius 3 is 2.33 bits per heavy atom. The quantitative estimate of drug-likeness (QED) is 0.460. The SMILES string of the molecule is Cc1ccccc1-c1cc2c(c[n+]1C)-c1ccccc1C2. The Kier molecular flexibility index (Phi) is 2.68. The van der Waals surface area contributed by atoms with E-state index in [2.05, 4.69) is 79.3 Å². The first-order valence-corrected chi connectivity index (χ1v) is 7.41. The predicted octanol–water partition coefficient (Wildman–Crippen LogP) is 4.06. The van der Waals surface area contributed by atoms with E-state index < -0.39 is 0 Å². The van der Waals surface area contributed by atoms with Crippen LogP contribution in [0, 0.1) is 6.92 Å². The minimum absolute atomic E-state index is 1.05. The molecule has 1 heterocycles. The molecule has 3 aromatic rings. The lowest BCUT2D eigenvalue weighted by Crippen LogP contribution is -2.31. The van der Waals surface area contributed by atoms with Crippen LogP contribution in [-0.4, -0.2) is 0 Å². The molecule has 0 spiro atoms. The molecule has 102 valence electrons. The van der Waals surface area contributed by atoms with Crippen molar-refractivity contribution in [1.29, 1.82) is 0 Å². The molecular formula is C20H18N+. The van der Waals surface area contributed by atoms with E-state index in [9.17, 15) is 0 Å². The summed E-state index contributed by atoms with van der Waals surface area (Å²) in [7, 11) is 2.14. The maximum Gasteiger partial charge on any atom is 0.212 e. The highest BCUT2D eigenvalue weighted by Gasteiger charge is 2.24. The van der Waals surface area contributed by atoms with Gasteiger partial charge in [0.2, 0.25) is 5.69 Å². The summed E-state index contributed by atoms with van der Waals surface area (Å²) in [6.45, 7) is 2.18. The third-order valence-corrected chi connectivity index (χ3v) is 4.47. The average molecular weight is 272 g/mol. The van der Waals surface area contributed by atoms with Gasteiger partial charge >= 0.3 is 0 Å². The average Bonchev–Trinajstić information content (AvgIpc) is 2.85. The molecule has 0 amide bonds. The van der Waals surface area contributed by atoms with Gasteiger partial charge in [0.15, 0.2) is 6.20 Å². The highest BCUT2D eigenvalue weighted by Crippen LogP contribution is 2.37. The van der Waals surface area contributed by atoms with Crippen molar-refractivity contribution in [2.45, 2.75) is 13.3 Å². The van der Waals surface area contributed by atoms with Gasteiger partial charge in [0, 0.05) is 17.2 Å². The van der Waals surface area contributed by atoms with Gasteiger partial charge in [-0.2, -0.15) is 0 Å².